The number of imidazole rings is 1. The van der Waals surface area contributed by atoms with Gasteiger partial charge >= 0.3 is 0 Å². The second-order valence-corrected chi connectivity index (χ2v) is 6.72. The van der Waals surface area contributed by atoms with Crippen LogP contribution in [0.25, 0.3) is 11.4 Å². The number of benzene rings is 1. The fourth-order valence-electron chi connectivity index (χ4n) is 2.59. The average Bonchev–Trinajstić information content (AvgIpc) is 3.20. The summed E-state index contributed by atoms with van der Waals surface area (Å²) in [5.74, 6) is 0.876. The average molecular weight is 340 g/mol. The van der Waals surface area contributed by atoms with Gasteiger partial charge in [0.05, 0.1) is 11.2 Å². The number of aryl methyl sites for hydroxylation is 2. The molecule has 1 amide bonds. The van der Waals surface area contributed by atoms with Crippen molar-refractivity contribution in [3.63, 3.8) is 0 Å². The maximum atomic E-state index is 12.7. The number of carbonyl (C=O) groups is 1. The van der Waals surface area contributed by atoms with E-state index < -0.39 is 0 Å². The summed E-state index contributed by atoms with van der Waals surface area (Å²) in [7, 11) is 3.78. The molecular weight excluding hydrogens is 320 g/mol. The minimum Gasteiger partial charge on any atom is -0.341 e. The zero-order chi connectivity index (χ0) is 17.1. The molecule has 0 unspecified atom stereocenters. The first-order chi connectivity index (χ1) is 11.6. The van der Waals surface area contributed by atoms with Gasteiger partial charge in [-0.25, -0.2) is 9.97 Å². The summed E-state index contributed by atoms with van der Waals surface area (Å²) in [6, 6.07) is 7.63. The molecule has 24 heavy (non-hydrogen) atoms. The second-order valence-electron chi connectivity index (χ2n) is 5.78. The maximum Gasteiger partial charge on any atom is 0.253 e. The summed E-state index contributed by atoms with van der Waals surface area (Å²) in [5, 5.41) is 0. The molecule has 2 heterocycles. The van der Waals surface area contributed by atoms with Gasteiger partial charge in [0.1, 0.15) is 5.82 Å². The van der Waals surface area contributed by atoms with Crippen molar-refractivity contribution < 1.29 is 4.79 Å². The number of nitrogens with zero attached hydrogens (tertiary/aromatic N) is 4. The van der Waals surface area contributed by atoms with E-state index >= 15 is 0 Å². The van der Waals surface area contributed by atoms with Crippen molar-refractivity contribution in [1.82, 2.24) is 19.4 Å². The van der Waals surface area contributed by atoms with Crippen LogP contribution in [-0.4, -0.2) is 38.9 Å². The highest BCUT2D eigenvalue weighted by atomic mass is 32.1. The lowest BCUT2D eigenvalue weighted by Crippen LogP contribution is -2.28. The summed E-state index contributed by atoms with van der Waals surface area (Å²) in [5.41, 5.74) is 4.53. The zero-order valence-corrected chi connectivity index (χ0v) is 14.9. The number of likely N-dealkylation sites (N-methyl/N-ethyl adjacent to an activating group) is 1. The Morgan fingerprint density at radius 1 is 1.33 bits per heavy atom. The molecular formula is C18H20N4OS. The summed E-state index contributed by atoms with van der Waals surface area (Å²) in [6.07, 6.45) is 4.48. The molecule has 0 saturated carbocycles. The van der Waals surface area contributed by atoms with Crippen LogP contribution >= 0.6 is 11.3 Å². The van der Waals surface area contributed by atoms with Gasteiger partial charge in [0, 0.05) is 55.5 Å². The molecule has 0 radical (unpaired) electrons. The van der Waals surface area contributed by atoms with Gasteiger partial charge in [-0.05, 0) is 19.1 Å². The number of carbonyl (C=O) groups excluding carboxylic acids is 1. The van der Waals surface area contributed by atoms with Gasteiger partial charge in [-0.1, -0.05) is 12.1 Å². The molecule has 2 aromatic heterocycles. The minimum atomic E-state index is 0.0215. The third-order valence-corrected chi connectivity index (χ3v) is 5.05. The van der Waals surface area contributed by atoms with Gasteiger partial charge in [0.2, 0.25) is 0 Å². The maximum absolute atomic E-state index is 12.7. The fourth-order valence-corrected chi connectivity index (χ4v) is 3.36. The van der Waals surface area contributed by atoms with Crippen LogP contribution in [0.3, 0.4) is 0 Å². The van der Waals surface area contributed by atoms with E-state index in [1.165, 1.54) is 4.88 Å². The van der Waals surface area contributed by atoms with Crippen LogP contribution in [0.2, 0.25) is 0 Å². The van der Waals surface area contributed by atoms with Gasteiger partial charge in [-0.3, -0.25) is 4.79 Å². The van der Waals surface area contributed by atoms with Gasteiger partial charge in [-0.2, -0.15) is 0 Å². The molecule has 0 fully saturated rings. The molecule has 0 aliphatic heterocycles. The molecule has 124 valence electrons. The van der Waals surface area contributed by atoms with E-state index in [9.17, 15) is 4.79 Å². The molecule has 0 N–H and O–H groups in total. The second kappa shape index (κ2) is 6.97. The molecule has 0 spiro atoms. The SMILES string of the molecule is Cc1ncsc1CCN(C)C(=O)c1cccc(-c2nccn2C)c1. The third-order valence-electron chi connectivity index (χ3n) is 4.05. The van der Waals surface area contributed by atoms with E-state index in [1.807, 2.05) is 61.6 Å². The van der Waals surface area contributed by atoms with Crippen molar-refractivity contribution in [3.8, 4) is 11.4 Å². The molecule has 1 aromatic carbocycles. The van der Waals surface area contributed by atoms with E-state index in [1.54, 1.807) is 22.4 Å². The predicted octanol–water partition coefficient (Wildman–Crippen LogP) is 3.17. The van der Waals surface area contributed by atoms with E-state index in [-0.39, 0.29) is 5.91 Å². The standard InChI is InChI=1S/C18H20N4OS/c1-13-16(24-12-20-13)7-9-22(3)18(23)15-6-4-5-14(11-15)17-19-8-10-21(17)2/h4-6,8,10-12H,7,9H2,1-3H3. The number of amides is 1. The Morgan fingerprint density at radius 2 is 2.17 bits per heavy atom. The molecule has 5 nitrogen and oxygen atoms in total. The highest BCUT2D eigenvalue weighted by Gasteiger charge is 2.14. The lowest BCUT2D eigenvalue weighted by atomic mass is 10.1. The van der Waals surface area contributed by atoms with E-state index in [4.69, 9.17) is 0 Å². The molecule has 0 bridgehead atoms. The topological polar surface area (TPSA) is 51.0 Å². The third kappa shape index (κ3) is 3.38. The minimum absolute atomic E-state index is 0.0215. The first-order valence-electron chi connectivity index (χ1n) is 7.78. The Morgan fingerprint density at radius 3 is 2.83 bits per heavy atom. The van der Waals surface area contributed by atoms with Gasteiger partial charge < -0.3 is 9.47 Å². The van der Waals surface area contributed by atoms with Crippen molar-refractivity contribution in [2.45, 2.75) is 13.3 Å². The Hall–Kier alpha value is -2.47. The number of aromatic nitrogens is 3. The van der Waals surface area contributed by atoms with Crippen LogP contribution in [0.15, 0.2) is 42.2 Å². The number of rotatable bonds is 5. The van der Waals surface area contributed by atoms with Crippen LogP contribution in [0.4, 0.5) is 0 Å². The monoisotopic (exact) mass is 340 g/mol. The van der Waals surface area contributed by atoms with Gasteiger partial charge in [-0.15, -0.1) is 11.3 Å². The van der Waals surface area contributed by atoms with E-state index in [0.717, 1.165) is 23.5 Å². The first-order valence-corrected chi connectivity index (χ1v) is 8.66. The molecule has 3 rings (SSSR count). The predicted molar refractivity (Wildman–Crippen MR) is 96.2 cm³/mol. The summed E-state index contributed by atoms with van der Waals surface area (Å²) in [4.78, 5) is 24.3. The van der Waals surface area contributed by atoms with Crippen LogP contribution in [0.5, 0.6) is 0 Å². The highest BCUT2D eigenvalue weighted by molar-refractivity contribution is 7.09. The van der Waals surface area contributed by atoms with E-state index in [2.05, 4.69) is 9.97 Å². The lowest BCUT2D eigenvalue weighted by Gasteiger charge is -2.17. The number of thiazole rings is 1. The van der Waals surface area contributed by atoms with Crippen LogP contribution in [0.1, 0.15) is 20.9 Å². The Kier molecular flexibility index (Phi) is 4.76. The molecule has 0 atom stereocenters. The molecule has 3 aromatic rings. The number of hydrogen-bond donors (Lipinski definition) is 0. The molecule has 6 heteroatoms. The van der Waals surface area contributed by atoms with Gasteiger partial charge in [0.25, 0.3) is 5.91 Å². The Bertz CT molecular complexity index is 852. The van der Waals surface area contributed by atoms with E-state index in [0.29, 0.717) is 12.1 Å². The summed E-state index contributed by atoms with van der Waals surface area (Å²) in [6.45, 7) is 2.68. The quantitative estimate of drug-likeness (QED) is 0.717. The molecule has 0 aliphatic rings. The first kappa shape index (κ1) is 16.4. The van der Waals surface area contributed by atoms with Crippen molar-refractivity contribution in [3.05, 3.63) is 58.3 Å². The van der Waals surface area contributed by atoms with Crippen LogP contribution < -0.4 is 0 Å². The zero-order valence-electron chi connectivity index (χ0n) is 14.1. The Labute approximate surface area is 145 Å². The van der Waals surface area contributed by atoms with Crippen molar-refractivity contribution >= 4 is 17.2 Å². The Balaban J connectivity index is 1.72. The molecule has 0 aliphatic carbocycles. The largest absolute Gasteiger partial charge is 0.341 e. The summed E-state index contributed by atoms with van der Waals surface area (Å²) >= 11 is 1.64. The lowest BCUT2D eigenvalue weighted by molar-refractivity contribution is 0.0797. The van der Waals surface area contributed by atoms with Crippen molar-refractivity contribution in [1.29, 1.82) is 0 Å². The van der Waals surface area contributed by atoms with Crippen LogP contribution in [-0.2, 0) is 13.5 Å². The summed E-state index contributed by atoms with van der Waals surface area (Å²) < 4.78 is 1.94. The smallest absolute Gasteiger partial charge is 0.253 e. The van der Waals surface area contributed by atoms with Crippen molar-refractivity contribution in [2.24, 2.45) is 7.05 Å². The highest BCUT2D eigenvalue weighted by Crippen LogP contribution is 2.19. The van der Waals surface area contributed by atoms with Crippen LogP contribution in [0, 0.1) is 6.92 Å². The van der Waals surface area contributed by atoms with Crippen molar-refractivity contribution in [2.75, 3.05) is 13.6 Å². The molecule has 0 saturated heterocycles. The normalized spacial score (nSPS) is 10.8. The van der Waals surface area contributed by atoms with Gasteiger partial charge in [0.15, 0.2) is 0 Å². The number of hydrogen-bond acceptors (Lipinski definition) is 4. The fraction of sp³-hybridized carbons (Fsp3) is 0.278.